The third-order valence-corrected chi connectivity index (χ3v) is 2.69. The molecule has 92 valence electrons. The second kappa shape index (κ2) is 4.37. The number of carbonyl (C=O) groups is 1. The molecule has 0 fully saturated rings. The average Bonchev–Trinajstić information content (AvgIpc) is 2.47. The molecule has 2 N–H and O–H groups in total. The molecule has 1 heterocycles. The van der Waals surface area contributed by atoms with Crippen LogP contribution in [-0.2, 0) is 0 Å². The first-order valence-corrected chi connectivity index (χ1v) is 5.65. The summed E-state index contributed by atoms with van der Waals surface area (Å²) in [6.07, 6.45) is 0. The van der Waals surface area contributed by atoms with Crippen molar-refractivity contribution in [2.24, 2.45) is 11.1 Å². The summed E-state index contributed by atoms with van der Waals surface area (Å²) in [7, 11) is 0. The van der Waals surface area contributed by atoms with Gasteiger partial charge in [-0.1, -0.05) is 13.8 Å². The minimum Gasteiger partial charge on any atom is -0.489 e. The smallest absolute Gasteiger partial charge is 0.176 e. The van der Waals surface area contributed by atoms with Crippen LogP contribution < -0.4 is 15.2 Å². The molecule has 0 spiro atoms. The van der Waals surface area contributed by atoms with Crippen LogP contribution in [0.2, 0.25) is 0 Å². The number of benzene rings is 1. The first-order valence-electron chi connectivity index (χ1n) is 5.65. The van der Waals surface area contributed by atoms with Crippen LogP contribution in [0.25, 0.3) is 0 Å². The fraction of sp³-hybridized carbons (Fsp3) is 0.462. The van der Waals surface area contributed by atoms with E-state index in [1.54, 1.807) is 18.2 Å². The van der Waals surface area contributed by atoms with E-state index in [-0.39, 0.29) is 17.7 Å². The molecule has 0 bridgehead atoms. The Morgan fingerprint density at radius 3 is 2.59 bits per heavy atom. The lowest BCUT2D eigenvalue weighted by molar-refractivity contribution is 0.100. The second-order valence-corrected chi connectivity index (χ2v) is 5.03. The Hall–Kier alpha value is -1.55. The maximum Gasteiger partial charge on any atom is 0.176 e. The molecular weight excluding hydrogens is 218 g/mol. The lowest BCUT2D eigenvalue weighted by atomic mass is 9.97. The Labute approximate surface area is 101 Å². The molecule has 0 amide bonds. The van der Waals surface area contributed by atoms with Crippen LogP contribution >= 0.6 is 0 Å². The summed E-state index contributed by atoms with van der Waals surface area (Å²) in [5, 5.41) is 0. The highest BCUT2D eigenvalue weighted by Gasteiger charge is 2.25. The van der Waals surface area contributed by atoms with Crippen LogP contribution in [0.5, 0.6) is 11.5 Å². The van der Waals surface area contributed by atoms with E-state index in [0.29, 0.717) is 30.3 Å². The van der Waals surface area contributed by atoms with Gasteiger partial charge < -0.3 is 15.2 Å². The fourth-order valence-corrected chi connectivity index (χ4v) is 1.62. The molecule has 1 aliphatic rings. The summed E-state index contributed by atoms with van der Waals surface area (Å²) in [5.41, 5.74) is 5.87. The van der Waals surface area contributed by atoms with Gasteiger partial charge in [0.15, 0.2) is 17.3 Å². The SMILES string of the molecule is CC1(C)COc2ccc(C(=O)CN)cc2OC1. The standard InChI is InChI=1S/C13H17NO3/c1-13(2)7-16-11-4-3-9(10(15)6-14)5-12(11)17-8-13/h3-5H,6-8,14H2,1-2H3. The summed E-state index contributed by atoms with van der Waals surface area (Å²) < 4.78 is 11.3. The van der Waals surface area contributed by atoms with Crippen LogP contribution in [0.3, 0.4) is 0 Å². The highest BCUT2D eigenvalue weighted by molar-refractivity contribution is 5.98. The number of hydrogen-bond donors (Lipinski definition) is 1. The van der Waals surface area contributed by atoms with Crippen molar-refractivity contribution in [3.8, 4) is 11.5 Å². The second-order valence-electron chi connectivity index (χ2n) is 5.03. The van der Waals surface area contributed by atoms with Gasteiger partial charge in [0.2, 0.25) is 0 Å². The van der Waals surface area contributed by atoms with Crippen molar-refractivity contribution < 1.29 is 14.3 Å². The number of ether oxygens (including phenoxy) is 2. The number of rotatable bonds is 2. The largest absolute Gasteiger partial charge is 0.489 e. The van der Waals surface area contributed by atoms with Gasteiger partial charge in [0, 0.05) is 11.0 Å². The van der Waals surface area contributed by atoms with E-state index in [1.807, 2.05) is 0 Å². The van der Waals surface area contributed by atoms with E-state index >= 15 is 0 Å². The highest BCUT2D eigenvalue weighted by Crippen LogP contribution is 2.34. The van der Waals surface area contributed by atoms with Crippen LogP contribution in [0, 0.1) is 5.41 Å². The van der Waals surface area contributed by atoms with Crippen molar-refractivity contribution >= 4 is 5.78 Å². The van der Waals surface area contributed by atoms with Gasteiger partial charge in [-0.2, -0.15) is 0 Å². The third kappa shape index (κ3) is 2.58. The van der Waals surface area contributed by atoms with Gasteiger partial charge in [0.1, 0.15) is 0 Å². The Kier molecular flexibility index (Phi) is 3.07. The van der Waals surface area contributed by atoms with Crippen molar-refractivity contribution in [3.05, 3.63) is 23.8 Å². The number of hydrogen-bond acceptors (Lipinski definition) is 4. The van der Waals surface area contributed by atoms with Crippen LogP contribution in [-0.4, -0.2) is 25.5 Å². The van der Waals surface area contributed by atoms with Gasteiger partial charge in [-0.05, 0) is 18.2 Å². The zero-order valence-electron chi connectivity index (χ0n) is 10.2. The molecule has 4 nitrogen and oxygen atoms in total. The fourth-order valence-electron chi connectivity index (χ4n) is 1.62. The molecule has 1 aliphatic heterocycles. The average molecular weight is 235 g/mol. The zero-order valence-corrected chi connectivity index (χ0v) is 10.2. The van der Waals surface area contributed by atoms with Crippen molar-refractivity contribution in [3.63, 3.8) is 0 Å². The van der Waals surface area contributed by atoms with Crippen LogP contribution in [0.1, 0.15) is 24.2 Å². The molecule has 1 aromatic rings. The van der Waals surface area contributed by atoms with E-state index < -0.39 is 0 Å². The summed E-state index contributed by atoms with van der Waals surface area (Å²) in [5.74, 6) is 1.21. The molecule has 17 heavy (non-hydrogen) atoms. The topological polar surface area (TPSA) is 61.5 Å². The molecule has 0 unspecified atom stereocenters. The maximum absolute atomic E-state index is 11.5. The summed E-state index contributed by atoms with van der Waals surface area (Å²) in [4.78, 5) is 11.5. The number of carbonyl (C=O) groups excluding carboxylic acids is 1. The lowest BCUT2D eigenvalue weighted by Gasteiger charge is -2.19. The Balaban J connectivity index is 2.29. The van der Waals surface area contributed by atoms with Crippen molar-refractivity contribution in [1.29, 1.82) is 0 Å². The molecule has 0 aliphatic carbocycles. The van der Waals surface area contributed by atoms with E-state index in [4.69, 9.17) is 15.2 Å². The van der Waals surface area contributed by atoms with Gasteiger partial charge in [-0.25, -0.2) is 0 Å². The monoisotopic (exact) mass is 235 g/mol. The summed E-state index contributed by atoms with van der Waals surface area (Å²) in [6, 6.07) is 5.18. The molecule has 1 aromatic carbocycles. The van der Waals surface area contributed by atoms with Crippen molar-refractivity contribution in [1.82, 2.24) is 0 Å². The van der Waals surface area contributed by atoms with E-state index in [0.717, 1.165) is 0 Å². The minimum atomic E-state index is -0.0973. The lowest BCUT2D eigenvalue weighted by Crippen LogP contribution is -2.26. The van der Waals surface area contributed by atoms with E-state index in [1.165, 1.54) is 0 Å². The van der Waals surface area contributed by atoms with Crippen molar-refractivity contribution in [2.45, 2.75) is 13.8 Å². The number of nitrogens with two attached hydrogens (primary N) is 1. The van der Waals surface area contributed by atoms with Crippen LogP contribution in [0.4, 0.5) is 0 Å². The third-order valence-electron chi connectivity index (χ3n) is 2.69. The molecule has 4 heteroatoms. The first-order chi connectivity index (χ1) is 8.02. The molecule has 0 atom stereocenters. The normalized spacial score (nSPS) is 17.4. The van der Waals surface area contributed by atoms with Gasteiger partial charge in [-0.3, -0.25) is 4.79 Å². The Bertz CT molecular complexity index is 440. The molecular formula is C13H17NO3. The number of ketones is 1. The predicted octanol–water partition coefficient (Wildman–Crippen LogP) is 1.63. The Morgan fingerprint density at radius 2 is 1.94 bits per heavy atom. The molecule has 0 saturated heterocycles. The van der Waals surface area contributed by atoms with Gasteiger partial charge in [0.05, 0.1) is 19.8 Å². The highest BCUT2D eigenvalue weighted by atomic mass is 16.5. The van der Waals surface area contributed by atoms with Gasteiger partial charge >= 0.3 is 0 Å². The number of Topliss-reactive ketones (excluding diaryl/α,β-unsaturated/α-hetero) is 1. The Morgan fingerprint density at radius 1 is 1.29 bits per heavy atom. The molecule has 0 saturated carbocycles. The molecule has 0 aromatic heterocycles. The quantitative estimate of drug-likeness (QED) is 0.791. The summed E-state index contributed by atoms with van der Waals surface area (Å²) >= 11 is 0. The van der Waals surface area contributed by atoms with Crippen molar-refractivity contribution in [2.75, 3.05) is 19.8 Å². The minimum absolute atomic E-state index is 0.00510. The summed E-state index contributed by atoms with van der Waals surface area (Å²) in [6.45, 7) is 5.32. The van der Waals surface area contributed by atoms with Crippen LogP contribution in [0.15, 0.2) is 18.2 Å². The maximum atomic E-state index is 11.5. The van der Waals surface area contributed by atoms with Gasteiger partial charge in [-0.15, -0.1) is 0 Å². The predicted molar refractivity (Wildman–Crippen MR) is 64.6 cm³/mol. The first kappa shape index (κ1) is 11.9. The van der Waals surface area contributed by atoms with Gasteiger partial charge in [0.25, 0.3) is 0 Å². The molecule has 0 radical (unpaired) electrons. The zero-order chi connectivity index (χ0) is 12.5. The number of fused-ring (bicyclic) bond motifs is 1. The van der Waals surface area contributed by atoms with E-state index in [2.05, 4.69) is 13.8 Å². The molecule has 2 rings (SSSR count). The van der Waals surface area contributed by atoms with E-state index in [9.17, 15) is 4.79 Å².